The van der Waals surface area contributed by atoms with Crippen molar-refractivity contribution in [3.8, 4) is 0 Å². The van der Waals surface area contributed by atoms with E-state index in [0.717, 1.165) is 19.4 Å². The van der Waals surface area contributed by atoms with Crippen molar-refractivity contribution in [3.63, 3.8) is 0 Å². The van der Waals surface area contributed by atoms with Gasteiger partial charge in [0.15, 0.2) is 0 Å². The number of nitro groups is 1. The zero-order valence-corrected chi connectivity index (χ0v) is 15.0. The molecule has 1 fully saturated rings. The van der Waals surface area contributed by atoms with Crippen molar-refractivity contribution < 1.29 is 14.5 Å². The summed E-state index contributed by atoms with van der Waals surface area (Å²) in [5, 5.41) is 15.8. The largest absolute Gasteiger partial charge is 0.469 e. The van der Waals surface area contributed by atoms with Gasteiger partial charge in [0.2, 0.25) is 5.82 Å². The second kappa shape index (κ2) is 6.78. The van der Waals surface area contributed by atoms with Crippen molar-refractivity contribution in [1.82, 2.24) is 9.78 Å². The highest BCUT2D eigenvalue weighted by Crippen LogP contribution is 2.39. The Bertz CT molecular complexity index is 638. The van der Waals surface area contributed by atoms with Gasteiger partial charge < -0.3 is 9.64 Å². The van der Waals surface area contributed by atoms with Gasteiger partial charge in [0.1, 0.15) is 5.69 Å². The molecule has 0 bridgehead atoms. The summed E-state index contributed by atoms with van der Waals surface area (Å²) in [5.74, 6) is 0.351. The van der Waals surface area contributed by atoms with Gasteiger partial charge in [0.25, 0.3) is 0 Å². The Hall–Kier alpha value is -2.12. The summed E-state index contributed by atoms with van der Waals surface area (Å²) in [4.78, 5) is 25.3. The van der Waals surface area contributed by atoms with Gasteiger partial charge in [-0.25, -0.2) is 4.68 Å². The molecule has 1 atom stereocenters. The third-order valence-corrected chi connectivity index (χ3v) is 5.03. The molecule has 1 aliphatic heterocycles. The molecular weight excluding hydrogens is 312 g/mol. The maximum atomic E-state index is 12.1. The first kappa shape index (κ1) is 18.2. The molecule has 0 N–H and O–H groups in total. The molecule has 134 valence electrons. The van der Waals surface area contributed by atoms with Crippen LogP contribution in [0.25, 0.3) is 0 Å². The highest BCUT2D eigenvalue weighted by atomic mass is 16.6. The maximum absolute atomic E-state index is 12.1. The molecule has 0 amide bonds. The van der Waals surface area contributed by atoms with Crippen molar-refractivity contribution in [2.24, 2.45) is 18.4 Å². The van der Waals surface area contributed by atoms with E-state index in [4.69, 9.17) is 4.74 Å². The van der Waals surface area contributed by atoms with Gasteiger partial charge in [-0.3, -0.25) is 14.9 Å². The van der Waals surface area contributed by atoms with E-state index in [9.17, 15) is 14.9 Å². The van der Waals surface area contributed by atoms with Crippen molar-refractivity contribution in [2.75, 3.05) is 25.1 Å². The highest BCUT2D eigenvalue weighted by molar-refractivity contribution is 5.76. The number of anilines is 1. The highest BCUT2D eigenvalue weighted by Gasteiger charge is 2.42. The molecule has 0 saturated carbocycles. The van der Waals surface area contributed by atoms with E-state index in [1.54, 1.807) is 11.7 Å². The molecule has 1 saturated heterocycles. The van der Waals surface area contributed by atoms with Gasteiger partial charge in [0, 0.05) is 20.1 Å². The monoisotopic (exact) mass is 338 g/mol. The molecule has 0 aromatic carbocycles. The Morgan fingerprint density at radius 2 is 2.17 bits per heavy atom. The minimum absolute atomic E-state index is 0.0679. The number of hydrogen-bond acceptors (Lipinski definition) is 6. The number of nitrogens with zero attached hydrogens (tertiary/aromatic N) is 4. The molecule has 0 radical (unpaired) electrons. The van der Waals surface area contributed by atoms with E-state index in [0.29, 0.717) is 24.5 Å². The Morgan fingerprint density at radius 1 is 1.50 bits per heavy atom. The van der Waals surface area contributed by atoms with Crippen LogP contribution in [-0.2, 0) is 23.0 Å². The third kappa shape index (κ3) is 3.09. The quantitative estimate of drug-likeness (QED) is 0.465. The van der Waals surface area contributed by atoms with Crippen LogP contribution in [-0.4, -0.2) is 40.9 Å². The van der Waals surface area contributed by atoms with Crippen LogP contribution in [0.15, 0.2) is 0 Å². The van der Waals surface area contributed by atoms with Crippen molar-refractivity contribution in [1.29, 1.82) is 0 Å². The summed E-state index contributed by atoms with van der Waals surface area (Å²) in [5.41, 5.74) is -0.0580. The number of esters is 1. The lowest BCUT2D eigenvalue weighted by molar-refractivity contribution is -0.384. The molecule has 1 aliphatic rings. The van der Waals surface area contributed by atoms with Gasteiger partial charge in [0.05, 0.1) is 17.4 Å². The molecule has 0 spiro atoms. The normalized spacial score (nSPS) is 18.5. The van der Waals surface area contributed by atoms with Crippen LogP contribution >= 0.6 is 0 Å². The number of carbonyl (C=O) groups is 1. The van der Waals surface area contributed by atoms with Crippen LogP contribution in [0.3, 0.4) is 0 Å². The predicted octanol–water partition coefficient (Wildman–Crippen LogP) is 2.31. The first-order valence-electron chi connectivity index (χ1n) is 8.27. The number of piperidine rings is 1. The summed E-state index contributed by atoms with van der Waals surface area (Å²) in [6.07, 6.45) is 2.27. The number of rotatable bonds is 5. The molecule has 8 nitrogen and oxygen atoms in total. The predicted molar refractivity (Wildman–Crippen MR) is 90.0 cm³/mol. The van der Waals surface area contributed by atoms with Crippen LogP contribution in [0, 0.1) is 21.4 Å². The van der Waals surface area contributed by atoms with E-state index in [-0.39, 0.29) is 22.5 Å². The lowest BCUT2D eigenvalue weighted by Gasteiger charge is -2.40. The molecule has 24 heavy (non-hydrogen) atoms. The molecular formula is C16H26N4O4. The van der Waals surface area contributed by atoms with E-state index < -0.39 is 5.41 Å². The van der Waals surface area contributed by atoms with E-state index in [1.807, 2.05) is 25.7 Å². The molecule has 8 heteroatoms. The summed E-state index contributed by atoms with van der Waals surface area (Å²) < 4.78 is 6.52. The zero-order valence-electron chi connectivity index (χ0n) is 15.0. The molecule has 2 heterocycles. The molecule has 1 unspecified atom stereocenters. The van der Waals surface area contributed by atoms with Gasteiger partial charge >= 0.3 is 11.7 Å². The van der Waals surface area contributed by atoms with Gasteiger partial charge in [-0.15, -0.1) is 0 Å². The zero-order chi connectivity index (χ0) is 18.1. The third-order valence-electron chi connectivity index (χ3n) is 5.03. The Kier molecular flexibility index (Phi) is 5.15. The number of carbonyl (C=O) groups excluding carboxylic acids is 1. The Labute approximate surface area is 141 Å². The fourth-order valence-corrected chi connectivity index (χ4v) is 3.53. The first-order valence-corrected chi connectivity index (χ1v) is 8.27. The fraction of sp³-hybridized carbons (Fsp3) is 0.750. The maximum Gasteiger partial charge on any atom is 0.334 e. The van der Waals surface area contributed by atoms with Crippen LogP contribution in [0.2, 0.25) is 0 Å². The van der Waals surface area contributed by atoms with Crippen LogP contribution in [0.4, 0.5) is 11.5 Å². The summed E-state index contributed by atoms with van der Waals surface area (Å²) in [7, 11) is 3.13. The molecule has 2 rings (SSSR count). The SMILES string of the molecule is CCc1nn(C)c(N2CCCC(C(C)(C)C(=O)OC)C2)c1[N+](=O)[O-]. The van der Waals surface area contributed by atoms with Crippen molar-refractivity contribution in [3.05, 3.63) is 15.8 Å². The summed E-state index contributed by atoms with van der Waals surface area (Å²) in [6.45, 7) is 6.91. The summed E-state index contributed by atoms with van der Waals surface area (Å²) >= 11 is 0. The van der Waals surface area contributed by atoms with E-state index in [2.05, 4.69) is 5.10 Å². The second-order valence-corrected chi connectivity index (χ2v) is 6.85. The number of methoxy groups -OCH3 is 1. The number of hydrogen-bond donors (Lipinski definition) is 0. The lowest BCUT2D eigenvalue weighted by atomic mass is 9.74. The average molecular weight is 338 g/mol. The smallest absolute Gasteiger partial charge is 0.334 e. The minimum atomic E-state index is -0.631. The number of aromatic nitrogens is 2. The minimum Gasteiger partial charge on any atom is -0.469 e. The van der Waals surface area contributed by atoms with E-state index >= 15 is 0 Å². The average Bonchev–Trinajstić information content (AvgIpc) is 2.90. The van der Waals surface area contributed by atoms with Crippen LogP contribution in [0.5, 0.6) is 0 Å². The van der Waals surface area contributed by atoms with Crippen LogP contribution in [0.1, 0.15) is 39.3 Å². The molecule has 0 aliphatic carbocycles. The topological polar surface area (TPSA) is 90.5 Å². The molecule has 1 aromatic heterocycles. The van der Waals surface area contributed by atoms with E-state index in [1.165, 1.54) is 7.11 Å². The fourth-order valence-electron chi connectivity index (χ4n) is 3.53. The van der Waals surface area contributed by atoms with Crippen LogP contribution < -0.4 is 4.90 Å². The van der Waals surface area contributed by atoms with Crippen molar-refractivity contribution >= 4 is 17.5 Å². The first-order chi connectivity index (χ1) is 11.2. The van der Waals surface area contributed by atoms with Crippen molar-refractivity contribution in [2.45, 2.75) is 40.0 Å². The van der Waals surface area contributed by atoms with Gasteiger partial charge in [-0.1, -0.05) is 6.92 Å². The molecule has 1 aromatic rings. The Morgan fingerprint density at radius 3 is 2.71 bits per heavy atom. The summed E-state index contributed by atoms with van der Waals surface area (Å²) in [6, 6.07) is 0. The lowest BCUT2D eigenvalue weighted by Crippen LogP contribution is -2.45. The number of ether oxygens (including phenoxy) is 1. The standard InChI is InChI=1S/C16H26N4O4/c1-6-12-13(20(22)23)14(18(4)17-12)19-9-7-8-11(10-19)16(2,3)15(21)24-5/h11H,6-10H2,1-5H3. The van der Waals surface area contributed by atoms with Gasteiger partial charge in [-0.2, -0.15) is 5.10 Å². The number of aryl methyl sites for hydroxylation is 2. The second-order valence-electron chi connectivity index (χ2n) is 6.85. The Balaban J connectivity index is 2.36. The van der Waals surface area contributed by atoms with Gasteiger partial charge in [-0.05, 0) is 39.0 Å².